The van der Waals surface area contributed by atoms with Crippen LogP contribution in [0.25, 0.3) is 0 Å². The van der Waals surface area contributed by atoms with Crippen LogP contribution in [0.2, 0.25) is 0 Å². The minimum atomic E-state index is -0.974. The summed E-state index contributed by atoms with van der Waals surface area (Å²) in [6.45, 7) is 6.74. The molecule has 0 bridgehead atoms. The van der Waals surface area contributed by atoms with Gasteiger partial charge in [0, 0.05) is 20.1 Å². The van der Waals surface area contributed by atoms with Crippen molar-refractivity contribution in [2.75, 3.05) is 25.2 Å². The van der Waals surface area contributed by atoms with Crippen molar-refractivity contribution in [2.45, 2.75) is 64.1 Å². The molecule has 2 atom stereocenters. The summed E-state index contributed by atoms with van der Waals surface area (Å²) in [5.74, 6) is 0. The molecule has 0 aliphatic carbocycles. The predicted octanol–water partition coefficient (Wildman–Crippen LogP) is 3.20. The Morgan fingerprint density at radius 3 is 2.81 bits per heavy atom. The first-order chi connectivity index (χ1) is 12.6. The van der Waals surface area contributed by atoms with Gasteiger partial charge in [0.05, 0.1) is 6.61 Å². The minimum Gasteiger partial charge on any atom is -0.382 e. The molecule has 1 saturated heterocycles. The highest BCUT2D eigenvalue weighted by Gasteiger charge is 2.46. The van der Waals surface area contributed by atoms with Crippen molar-refractivity contribution < 1.29 is 14.6 Å². The fourth-order valence-electron chi connectivity index (χ4n) is 3.07. The molecular weight excluding hydrogens is 352 g/mol. The smallest absolute Gasteiger partial charge is 0.329 e. The summed E-state index contributed by atoms with van der Waals surface area (Å²) >= 11 is 1.38. The van der Waals surface area contributed by atoms with Gasteiger partial charge >= 0.3 is 6.03 Å². The fourth-order valence-corrected chi connectivity index (χ4v) is 3.97. The van der Waals surface area contributed by atoms with E-state index in [9.17, 15) is 9.90 Å². The van der Waals surface area contributed by atoms with Gasteiger partial charge in [-0.2, -0.15) is 0 Å². The van der Waals surface area contributed by atoms with Gasteiger partial charge in [-0.1, -0.05) is 37.2 Å². The molecule has 2 heterocycles. The summed E-state index contributed by atoms with van der Waals surface area (Å²) < 4.78 is 5.23. The summed E-state index contributed by atoms with van der Waals surface area (Å²) in [5, 5.41) is 20.4. The zero-order chi connectivity index (χ0) is 18.9. The van der Waals surface area contributed by atoms with Gasteiger partial charge in [0.15, 0.2) is 6.23 Å². The normalized spacial score (nSPS) is 20.2. The lowest BCUT2D eigenvalue weighted by atomic mass is 10.2. The van der Waals surface area contributed by atoms with Crippen LogP contribution in [0.1, 0.15) is 50.5 Å². The SMILES string of the molecule is C=CCCCCN1C(=O)N(c2nnc(CCCCC)s2)C(O)C1COC. The van der Waals surface area contributed by atoms with Gasteiger partial charge in [0.25, 0.3) is 0 Å². The van der Waals surface area contributed by atoms with Crippen molar-refractivity contribution in [3.05, 3.63) is 17.7 Å². The van der Waals surface area contributed by atoms with Crippen molar-refractivity contribution in [3.63, 3.8) is 0 Å². The molecule has 0 spiro atoms. The van der Waals surface area contributed by atoms with E-state index in [0.29, 0.717) is 11.7 Å². The monoisotopic (exact) mass is 382 g/mol. The number of urea groups is 1. The van der Waals surface area contributed by atoms with Crippen molar-refractivity contribution in [3.8, 4) is 0 Å². The third-order valence-corrected chi connectivity index (χ3v) is 5.49. The molecule has 1 aliphatic rings. The van der Waals surface area contributed by atoms with Crippen LogP contribution in [0.5, 0.6) is 0 Å². The van der Waals surface area contributed by atoms with Crippen LogP contribution < -0.4 is 4.90 Å². The summed E-state index contributed by atoms with van der Waals surface area (Å²) in [6.07, 6.45) is 7.85. The number of hydrogen-bond donors (Lipinski definition) is 1. The van der Waals surface area contributed by atoms with E-state index in [1.54, 1.807) is 12.0 Å². The van der Waals surface area contributed by atoms with Crippen LogP contribution in [0.15, 0.2) is 12.7 Å². The van der Waals surface area contributed by atoms with E-state index < -0.39 is 12.3 Å². The first kappa shape index (κ1) is 20.8. The molecule has 8 heteroatoms. The van der Waals surface area contributed by atoms with Crippen LogP contribution >= 0.6 is 11.3 Å². The second-order valence-electron chi connectivity index (χ2n) is 6.50. The van der Waals surface area contributed by atoms with E-state index >= 15 is 0 Å². The van der Waals surface area contributed by atoms with E-state index in [1.165, 1.54) is 16.2 Å². The summed E-state index contributed by atoms with van der Waals surface area (Å²) in [4.78, 5) is 15.9. The topological polar surface area (TPSA) is 78.8 Å². The molecule has 0 radical (unpaired) electrons. The third-order valence-electron chi connectivity index (χ3n) is 4.51. The highest BCUT2D eigenvalue weighted by atomic mass is 32.1. The van der Waals surface area contributed by atoms with E-state index in [0.717, 1.165) is 50.0 Å². The number of carbonyl (C=O) groups excluding carboxylic acids is 1. The quantitative estimate of drug-likeness (QED) is 0.444. The lowest BCUT2D eigenvalue weighted by Gasteiger charge is -2.23. The molecule has 0 aromatic carbocycles. The van der Waals surface area contributed by atoms with Crippen LogP contribution in [0.3, 0.4) is 0 Å². The number of aliphatic hydroxyl groups is 1. The van der Waals surface area contributed by atoms with Crippen LogP contribution in [-0.2, 0) is 11.2 Å². The summed E-state index contributed by atoms with van der Waals surface area (Å²) in [7, 11) is 1.58. The molecule has 2 rings (SSSR count). The maximum Gasteiger partial charge on any atom is 0.329 e. The summed E-state index contributed by atoms with van der Waals surface area (Å²) in [6, 6.07) is -0.627. The Hall–Kier alpha value is -1.51. The van der Waals surface area contributed by atoms with Gasteiger partial charge in [0.2, 0.25) is 5.13 Å². The minimum absolute atomic E-state index is 0.227. The van der Waals surface area contributed by atoms with Gasteiger partial charge in [-0.05, 0) is 25.7 Å². The first-order valence-electron chi connectivity index (χ1n) is 9.34. The molecular formula is C18H30N4O3S. The largest absolute Gasteiger partial charge is 0.382 e. The number of amides is 2. The number of rotatable bonds is 12. The molecule has 2 unspecified atom stereocenters. The number of aryl methyl sites for hydroxylation is 1. The average Bonchev–Trinajstić information content (AvgIpc) is 3.17. The Balaban J connectivity index is 2.07. The van der Waals surface area contributed by atoms with Gasteiger partial charge in [-0.15, -0.1) is 16.8 Å². The average molecular weight is 383 g/mol. The molecule has 26 heavy (non-hydrogen) atoms. The number of unbranched alkanes of at least 4 members (excludes halogenated alkanes) is 4. The molecule has 1 N–H and O–H groups in total. The zero-order valence-corrected chi connectivity index (χ0v) is 16.6. The Labute approximate surface area is 159 Å². The van der Waals surface area contributed by atoms with E-state index in [1.807, 2.05) is 6.08 Å². The lowest BCUT2D eigenvalue weighted by molar-refractivity contribution is 0.0549. The van der Waals surface area contributed by atoms with E-state index in [-0.39, 0.29) is 12.6 Å². The molecule has 1 aromatic heterocycles. The standard InChI is InChI=1S/C18H30N4O3S/c1-4-6-8-10-12-21-14(13-25-3)16(23)22(18(21)24)17-20-19-15(26-17)11-9-7-5-2/h4,14,16,23H,1,5-13H2,2-3H3. The Bertz CT molecular complexity index is 581. The number of carbonyl (C=O) groups is 1. The number of aliphatic hydroxyl groups excluding tert-OH is 1. The predicted molar refractivity (Wildman–Crippen MR) is 103 cm³/mol. The maximum absolute atomic E-state index is 12.9. The molecule has 1 fully saturated rings. The van der Waals surface area contributed by atoms with Gasteiger partial charge in [0.1, 0.15) is 11.0 Å². The molecule has 146 valence electrons. The molecule has 7 nitrogen and oxygen atoms in total. The van der Waals surface area contributed by atoms with Crippen LogP contribution in [0, 0.1) is 0 Å². The van der Waals surface area contributed by atoms with Crippen molar-refractivity contribution in [1.29, 1.82) is 0 Å². The number of ether oxygens (including phenoxy) is 1. The van der Waals surface area contributed by atoms with Crippen molar-refractivity contribution in [2.24, 2.45) is 0 Å². The number of aromatic nitrogens is 2. The van der Waals surface area contributed by atoms with Gasteiger partial charge < -0.3 is 14.7 Å². The molecule has 1 aliphatic heterocycles. The Morgan fingerprint density at radius 1 is 1.31 bits per heavy atom. The summed E-state index contributed by atoms with van der Waals surface area (Å²) in [5.41, 5.74) is 0. The highest BCUT2D eigenvalue weighted by molar-refractivity contribution is 7.15. The van der Waals surface area contributed by atoms with Crippen LogP contribution in [0.4, 0.5) is 9.93 Å². The lowest BCUT2D eigenvalue weighted by Crippen LogP contribution is -2.41. The fraction of sp³-hybridized carbons (Fsp3) is 0.722. The van der Waals surface area contributed by atoms with Crippen molar-refractivity contribution >= 4 is 22.5 Å². The molecule has 2 amide bonds. The first-order valence-corrected chi connectivity index (χ1v) is 10.2. The zero-order valence-electron chi connectivity index (χ0n) is 15.8. The second-order valence-corrected chi connectivity index (χ2v) is 7.54. The number of allylic oxidation sites excluding steroid dienone is 1. The number of nitrogens with zero attached hydrogens (tertiary/aromatic N) is 4. The Kier molecular flexibility index (Phi) is 8.47. The van der Waals surface area contributed by atoms with Crippen molar-refractivity contribution in [1.82, 2.24) is 15.1 Å². The molecule has 1 aromatic rings. The van der Waals surface area contributed by atoms with Gasteiger partial charge in [-0.3, -0.25) is 0 Å². The van der Waals surface area contributed by atoms with Crippen LogP contribution in [-0.4, -0.2) is 58.8 Å². The maximum atomic E-state index is 12.9. The Morgan fingerprint density at radius 2 is 2.12 bits per heavy atom. The molecule has 0 saturated carbocycles. The van der Waals surface area contributed by atoms with E-state index in [2.05, 4.69) is 23.7 Å². The third kappa shape index (κ3) is 5.02. The highest BCUT2D eigenvalue weighted by Crippen LogP contribution is 2.31. The second kappa shape index (κ2) is 10.6. The number of hydrogen-bond acceptors (Lipinski definition) is 6. The number of anilines is 1. The van der Waals surface area contributed by atoms with Gasteiger partial charge in [-0.25, -0.2) is 9.69 Å². The number of methoxy groups -OCH3 is 1. The van der Waals surface area contributed by atoms with E-state index in [4.69, 9.17) is 4.74 Å².